The number of amides is 1. The van der Waals surface area contributed by atoms with E-state index in [2.05, 4.69) is 21.3 Å². The number of benzene rings is 2. The number of aromatic nitrogens is 3. The predicted molar refractivity (Wildman–Crippen MR) is 110 cm³/mol. The number of piperazine rings is 1. The molecule has 1 saturated heterocycles. The molecule has 1 aromatic heterocycles. The van der Waals surface area contributed by atoms with Gasteiger partial charge in [-0.2, -0.15) is 0 Å². The van der Waals surface area contributed by atoms with Gasteiger partial charge in [0.15, 0.2) is 5.69 Å². The number of hydrogen-bond donors (Lipinski definition) is 0. The molecular formula is C21H22ClN5O. The molecular weight excluding hydrogens is 374 g/mol. The van der Waals surface area contributed by atoms with Crippen LogP contribution < -0.4 is 4.90 Å². The highest BCUT2D eigenvalue weighted by Crippen LogP contribution is 2.21. The molecule has 1 aliphatic rings. The van der Waals surface area contributed by atoms with Gasteiger partial charge in [0, 0.05) is 36.9 Å². The Labute approximate surface area is 169 Å². The minimum absolute atomic E-state index is 0.0821. The quantitative estimate of drug-likeness (QED) is 0.681. The van der Waals surface area contributed by atoms with Gasteiger partial charge in [-0.15, -0.1) is 5.10 Å². The van der Waals surface area contributed by atoms with Crippen LogP contribution in [0.3, 0.4) is 0 Å². The lowest BCUT2D eigenvalue weighted by Gasteiger charge is -2.35. The Kier molecular flexibility index (Phi) is 5.05. The zero-order valence-electron chi connectivity index (χ0n) is 16.0. The lowest BCUT2D eigenvalue weighted by molar-refractivity contribution is 0.0741. The van der Waals surface area contributed by atoms with E-state index >= 15 is 0 Å². The molecule has 2 heterocycles. The summed E-state index contributed by atoms with van der Waals surface area (Å²) in [5.74, 6) is -0.0821. The number of halogens is 1. The van der Waals surface area contributed by atoms with Gasteiger partial charge < -0.3 is 9.80 Å². The van der Waals surface area contributed by atoms with Crippen LogP contribution in [0.5, 0.6) is 0 Å². The second kappa shape index (κ2) is 7.64. The molecule has 0 saturated carbocycles. The van der Waals surface area contributed by atoms with E-state index < -0.39 is 0 Å². The highest BCUT2D eigenvalue weighted by atomic mass is 35.5. The third-order valence-corrected chi connectivity index (χ3v) is 5.16. The van der Waals surface area contributed by atoms with E-state index in [1.54, 1.807) is 10.9 Å². The van der Waals surface area contributed by atoms with Crippen molar-refractivity contribution in [2.75, 3.05) is 31.1 Å². The normalized spacial score (nSPS) is 14.4. The molecule has 0 N–H and O–H groups in total. The average molecular weight is 396 g/mol. The number of rotatable bonds is 3. The first-order chi connectivity index (χ1) is 13.5. The Balaban J connectivity index is 1.44. The molecule has 0 unspecified atom stereocenters. The Morgan fingerprint density at radius 1 is 0.964 bits per heavy atom. The van der Waals surface area contributed by atoms with E-state index in [1.807, 2.05) is 55.1 Å². The minimum atomic E-state index is -0.0821. The lowest BCUT2D eigenvalue weighted by atomic mass is 10.1. The van der Waals surface area contributed by atoms with Crippen molar-refractivity contribution in [3.8, 4) is 5.69 Å². The van der Waals surface area contributed by atoms with Crippen molar-refractivity contribution in [2.24, 2.45) is 0 Å². The Morgan fingerprint density at radius 2 is 1.68 bits per heavy atom. The summed E-state index contributed by atoms with van der Waals surface area (Å²) in [4.78, 5) is 16.9. The molecule has 3 aromatic rings. The van der Waals surface area contributed by atoms with E-state index in [-0.39, 0.29) is 5.91 Å². The SMILES string of the molecule is Cc1cc(C)cc(-n2cc(C(=O)N3CCN(c4cccc(Cl)c4)CC3)nn2)c1. The van der Waals surface area contributed by atoms with Crippen molar-refractivity contribution in [2.45, 2.75) is 13.8 Å². The third-order valence-electron chi connectivity index (χ3n) is 4.92. The van der Waals surface area contributed by atoms with Crippen LogP contribution in [0.1, 0.15) is 21.6 Å². The van der Waals surface area contributed by atoms with Gasteiger partial charge in [0.1, 0.15) is 0 Å². The smallest absolute Gasteiger partial charge is 0.276 e. The number of nitrogens with zero attached hydrogens (tertiary/aromatic N) is 5. The number of hydrogen-bond acceptors (Lipinski definition) is 4. The van der Waals surface area contributed by atoms with E-state index in [0.717, 1.165) is 40.6 Å². The second-order valence-electron chi connectivity index (χ2n) is 7.15. The van der Waals surface area contributed by atoms with Gasteiger partial charge in [-0.25, -0.2) is 4.68 Å². The third kappa shape index (κ3) is 3.87. The summed E-state index contributed by atoms with van der Waals surface area (Å²) in [5.41, 5.74) is 4.66. The van der Waals surface area contributed by atoms with E-state index in [9.17, 15) is 4.79 Å². The number of carbonyl (C=O) groups is 1. The zero-order valence-corrected chi connectivity index (χ0v) is 16.7. The molecule has 144 valence electrons. The van der Waals surface area contributed by atoms with Crippen molar-refractivity contribution in [1.82, 2.24) is 19.9 Å². The first-order valence-electron chi connectivity index (χ1n) is 9.30. The molecule has 0 spiro atoms. The maximum Gasteiger partial charge on any atom is 0.276 e. The van der Waals surface area contributed by atoms with Crippen molar-refractivity contribution in [3.05, 3.63) is 70.5 Å². The van der Waals surface area contributed by atoms with Crippen LogP contribution in [0, 0.1) is 13.8 Å². The second-order valence-corrected chi connectivity index (χ2v) is 7.59. The molecule has 28 heavy (non-hydrogen) atoms. The summed E-state index contributed by atoms with van der Waals surface area (Å²) in [6.07, 6.45) is 1.71. The molecule has 0 atom stereocenters. The summed E-state index contributed by atoms with van der Waals surface area (Å²) >= 11 is 6.09. The first kappa shape index (κ1) is 18.5. The summed E-state index contributed by atoms with van der Waals surface area (Å²) in [5, 5.41) is 8.98. The van der Waals surface area contributed by atoms with E-state index in [1.165, 1.54) is 0 Å². The van der Waals surface area contributed by atoms with E-state index in [4.69, 9.17) is 11.6 Å². The van der Waals surface area contributed by atoms with Gasteiger partial charge in [0.05, 0.1) is 11.9 Å². The molecule has 1 amide bonds. The van der Waals surface area contributed by atoms with Crippen molar-refractivity contribution in [1.29, 1.82) is 0 Å². The van der Waals surface area contributed by atoms with Gasteiger partial charge >= 0.3 is 0 Å². The van der Waals surface area contributed by atoms with Crippen molar-refractivity contribution >= 4 is 23.2 Å². The Bertz CT molecular complexity index is 987. The fourth-order valence-corrected chi connectivity index (χ4v) is 3.76. The maximum absolute atomic E-state index is 12.8. The zero-order chi connectivity index (χ0) is 19.7. The van der Waals surface area contributed by atoms with Crippen LogP contribution in [-0.4, -0.2) is 52.0 Å². The summed E-state index contributed by atoms with van der Waals surface area (Å²) in [7, 11) is 0. The van der Waals surface area contributed by atoms with Crippen LogP contribution in [0.2, 0.25) is 5.02 Å². The largest absolute Gasteiger partial charge is 0.368 e. The predicted octanol–water partition coefficient (Wildman–Crippen LogP) is 3.50. The highest BCUT2D eigenvalue weighted by Gasteiger charge is 2.24. The monoisotopic (exact) mass is 395 g/mol. The topological polar surface area (TPSA) is 54.3 Å². The summed E-state index contributed by atoms with van der Waals surface area (Å²) < 4.78 is 1.66. The maximum atomic E-state index is 12.8. The number of aryl methyl sites for hydroxylation is 2. The van der Waals surface area contributed by atoms with Crippen LogP contribution in [0.25, 0.3) is 5.69 Å². The van der Waals surface area contributed by atoms with Crippen molar-refractivity contribution < 1.29 is 4.79 Å². The molecule has 1 fully saturated rings. The molecule has 1 aliphatic heterocycles. The van der Waals surface area contributed by atoms with Crippen LogP contribution in [0.4, 0.5) is 5.69 Å². The Hall–Kier alpha value is -2.86. The van der Waals surface area contributed by atoms with Crippen LogP contribution in [-0.2, 0) is 0 Å². The van der Waals surface area contributed by atoms with Gasteiger partial charge in [-0.3, -0.25) is 4.79 Å². The lowest BCUT2D eigenvalue weighted by Crippen LogP contribution is -2.48. The Morgan fingerprint density at radius 3 is 2.36 bits per heavy atom. The first-order valence-corrected chi connectivity index (χ1v) is 9.68. The van der Waals surface area contributed by atoms with Gasteiger partial charge in [0.2, 0.25) is 0 Å². The minimum Gasteiger partial charge on any atom is -0.368 e. The molecule has 2 aromatic carbocycles. The molecule has 6 nitrogen and oxygen atoms in total. The molecule has 4 rings (SSSR count). The molecule has 0 radical (unpaired) electrons. The fourth-order valence-electron chi connectivity index (χ4n) is 3.57. The van der Waals surface area contributed by atoms with Crippen molar-refractivity contribution in [3.63, 3.8) is 0 Å². The summed E-state index contributed by atoms with van der Waals surface area (Å²) in [6.45, 7) is 6.88. The highest BCUT2D eigenvalue weighted by molar-refractivity contribution is 6.30. The molecule has 0 aliphatic carbocycles. The van der Waals surface area contributed by atoms with Gasteiger partial charge in [-0.1, -0.05) is 28.9 Å². The molecule has 7 heteroatoms. The average Bonchev–Trinajstić information content (AvgIpc) is 3.17. The van der Waals surface area contributed by atoms with Crippen LogP contribution in [0.15, 0.2) is 48.7 Å². The van der Waals surface area contributed by atoms with E-state index in [0.29, 0.717) is 18.8 Å². The van der Waals surface area contributed by atoms with Gasteiger partial charge in [-0.05, 0) is 55.3 Å². The number of anilines is 1. The standard InChI is InChI=1S/C21H22ClN5O/c1-15-10-16(2)12-19(11-15)27-14-20(23-24-27)21(28)26-8-6-25(7-9-26)18-5-3-4-17(22)13-18/h3-5,10-14H,6-9H2,1-2H3. The molecule has 0 bridgehead atoms. The summed E-state index contributed by atoms with van der Waals surface area (Å²) in [6, 6.07) is 14.0. The van der Waals surface area contributed by atoms with Gasteiger partial charge in [0.25, 0.3) is 5.91 Å². The fraction of sp³-hybridized carbons (Fsp3) is 0.286. The number of carbonyl (C=O) groups excluding carboxylic acids is 1. The van der Waals surface area contributed by atoms with Crippen LogP contribution >= 0.6 is 11.6 Å².